The van der Waals surface area contributed by atoms with E-state index in [1.54, 1.807) is 12.1 Å². The first kappa shape index (κ1) is 19.5. The second kappa shape index (κ2) is 8.02. The van der Waals surface area contributed by atoms with Gasteiger partial charge < -0.3 is 19.6 Å². The number of benzene rings is 1. The molecule has 10 heteroatoms. The predicted molar refractivity (Wildman–Crippen MR) is 89.8 cm³/mol. The SMILES string of the molecule is CN(C)S(=O)(=O)c1ccc(COC(=O)c2ccccc2OCC(N)=O)o1. The summed E-state index contributed by atoms with van der Waals surface area (Å²) in [5.74, 6) is -1.10. The Kier molecular flexibility index (Phi) is 6.01. The summed E-state index contributed by atoms with van der Waals surface area (Å²) < 4.78 is 40.4. The van der Waals surface area contributed by atoms with Crippen LogP contribution in [0.2, 0.25) is 0 Å². The van der Waals surface area contributed by atoms with Crippen molar-refractivity contribution in [3.05, 3.63) is 47.7 Å². The van der Waals surface area contributed by atoms with Gasteiger partial charge in [-0.1, -0.05) is 12.1 Å². The molecule has 1 aromatic heterocycles. The van der Waals surface area contributed by atoms with Gasteiger partial charge in [-0.05, 0) is 24.3 Å². The highest BCUT2D eigenvalue weighted by atomic mass is 32.2. The first-order valence-corrected chi connectivity index (χ1v) is 8.84. The fourth-order valence-electron chi connectivity index (χ4n) is 1.88. The highest BCUT2D eigenvalue weighted by Crippen LogP contribution is 2.21. The van der Waals surface area contributed by atoms with Crippen molar-refractivity contribution < 1.29 is 31.9 Å². The molecule has 0 saturated heterocycles. The minimum Gasteiger partial charge on any atom is -0.483 e. The number of esters is 1. The summed E-state index contributed by atoms with van der Waals surface area (Å²) in [6.45, 7) is -0.653. The van der Waals surface area contributed by atoms with Crippen LogP contribution < -0.4 is 10.5 Å². The number of para-hydroxylation sites is 1. The van der Waals surface area contributed by atoms with Gasteiger partial charge in [-0.2, -0.15) is 0 Å². The molecule has 0 aliphatic carbocycles. The van der Waals surface area contributed by atoms with Crippen LogP contribution in [0.1, 0.15) is 16.1 Å². The molecule has 0 radical (unpaired) electrons. The molecule has 2 N–H and O–H groups in total. The molecule has 0 aliphatic heterocycles. The number of carbonyl (C=O) groups is 2. The Hall–Kier alpha value is -2.85. The number of sulfonamides is 1. The van der Waals surface area contributed by atoms with E-state index < -0.39 is 21.9 Å². The van der Waals surface area contributed by atoms with E-state index in [1.165, 1.54) is 38.4 Å². The molecule has 0 spiro atoms. The number of hydrogen-bond acceptors (Lipinski definition) is 7. The molecule has 26 heavy (non-hydrogen) atoms. The molecule has 0 atom stereocenters. The highest BCUT2D eigenvalue weighted by Gasteiger charge is 2.22. The van der Waals surface area contributed by atoms with Crippen molar-refractivity contribution in [1.82, 2.24) is 4.31 Å². The van der Waals surface area contributed by atoms with E-state index in [1.807, 2.05) is 0 Å². The van der Waals surface area contributed by atoms with Crippen molar-refractivity contribution in [2.75, 3.05) is 20.7 Å². The minimum atomic E-state index is -3.71. The zero-order chi connectivity index (χ0) is 19.3. The summed E-state index contributed by atoms with van der Waals surface area (Å²) in [5.41, 5.74) is 5.11. The van der Waals surface area contributed by atoms with Crippen LogP contribution in [0.3, 0.4) is 0 Å². The van der Waals surface area contributed by atoms with Gasteiger partial charge in [0.1, 0.15) is 23.7 Å². The van der Waals surface area contributed by atoms with Gasteiger partial charge in [0.15, 0.2) is 6.61 Å². The van der Waals surface area contributed by atoms with Crippen molar-refractivity contribution in [3.63, 3.8) is 0 Å². The number of primary amides is 1. The Bertz CT molecular complexity index is 903. The number of ether oxygens (including phenoxy) is 2. The van der Waals surface area contributed by atoms with Crippen LogP contribution in [-0.2, 0) is 26.2 Å². The largest absolute Gasteiger partial charge is 0.483 e. The van der Waals surface area contributed by atoms with Crippen LogP contribution in [0.25, 0.3) is 0 Å². The summed E-state index contributed by atoms with van der Waals surface area (Å²) in [7, 11) is -0.955. The molecule has 140 valence electrons. The van der Waals surface area contributed by atoms with Gasteiger partial charge in [-0.15, -0.1) is 0 Å². The van der Waals surface area contributed by atoms with Crippen LogP contribution in [0, 0.1) is 0 Å². The maximum Gasteiger partial charge on any atom is 0.342 e. The molecule has 2 rings (SSSR count). The monoisotopic (exact) mass is 382 g/mol. The van der Waals surface area contributed by atoms with Crippen LogP contribution in [0.5, 0.6) is 5.75 Å². The zero-order valence-corrected chi connectivity index (χ0v) is 15.0. The first-order chi connectivity index (χ1) is 12.2. The molecule has 9 nitrogen and oxygen atoms in total. The van der Waals surface area contributed by atoms with Crippen LogP contribution in [-0.4, -0.2) is 45.3 Å². The number of rotatable bonds is 8. The summed E-state index contributed by atoms with van der Waals surface area (Å²) in [6, 6.07) is 8.86. The minimum absolute atomic E-state index is 0.0986. The number of nitrogens with zero attached hydrogens (tertiary/aromatic N) is 1. The van der Waals surface area contributed by atoms with Crippen LogP contribution >= 0.6 is 0 Å². The van der Waals surface area contributed by atoms with Gasteiger partial charge in [0.05, 0.1) is 0 Å². The van der Waals surface area contributed by atoms with Gasteiger partial charge in [-0.25, -0.2) is 17.5 Å². The van der Waals surface area contributed by atoms with Gasteiger partial charge in [0, 0.05) is 14.1 Å². The molecule has 2 aromatic rings. The summed E-state index contributed by atoms with van der Waals surface area (Å²) >= 11 is 0. The number of furan rings is 1. The number of amides is 1. The van der Waals surface area contributed by atoms with Crippen molar-refractivity contribution in [2.24, 2.45) is 5.73 Å². The normalized spacial score (nSPS) is 11.3. The fraction of sp³-hybridized carbons (Fsp3) is 0.250. The van der Waals surface area contributed by atoms with Gasteiger partial charge in [0.25, 0.3) is 15.9 Å². The average Bonchev–Trinajstić information content (AvgIpc) is 3.07. The Morgan fingerprint density at radius 2 is 1.85 bits per heavy atom. The van der Waals surface area contributed by atoms with Crippen molar-refractivity contribution in [1.29, 1.82) is 0 Å². The van der Waals surface area contributed by atoms with Crippen LogP contribution in [0.4, 0.5) is 0 Å². The first-order valence-electron chi connectivity index (χ1n) is 7.40. The van der Waals surface area contributed by atoms with E-state index in [9.17, 15) is 18.0 Å². The van der Waals surface area contributed by atoms with E-state index in [4.69, 9.17) is 19.6 Å². The zero-order valence-electron chi connectivity index (χ0n) is 14.2. The summed E-state index contributed by atoms with van der Waals surface area (Å²) in [6.07, 6.45) is 0. The second-order valence-electron chi connectivity index (χ2n) is 5.34. The molecule has 1 heterocycles. The Morgan fingerprint density at radius 3 is 2.50 bits per heavy atom. The third-order valence-corrected chi connectivity index (χ3v) is 4.88. The molecular formula is C16H18N2O7S. The summed E-state index contributed by atoms with van der Waals surface area (Å²) in [5, 5.41) is -0.251. The number of nitrogens with two attached hydrogens (primary N) is 1. The quantitative estimate of drug-likeness (QED) is 0.667. The molecule has 1 amide bonds. The topological polar surface area (TPSA) is 129 Å². The van der Waals surface area contributed by atoms with Crippen molar-refractivity contribution in [3.8, 4) is 5.75 Å². The lowest BCUT2D eigenvalue weighted by Gasteiger charge is -2.10. The highest BCUT2D eigenvalue weighted by molar-refractivity contribution is 7.88. The molecular weight excluding hydrogens is 364 g/mol. The lowest BCUT2D eigenvalue weighted by molar-refractivity contribution is -0.119. The molecule has 1 aromatic carbocycles. The molecule has 0 bridgehead atoms. The van der Waals surface area contributed by atoms with E-state index in [0.29, 0.717) is 0 Å². The number of carbonyl (C=O) groups excluding carboxylic acids is 2. The third kappa shape index (κ3) is 4.61. The summed E-state index contributed by atoms with van der Waals surface area (Å²) in [4.78, 5) is 23.0. The van der Waals surface area contributed by atoms with Crippen LogP contribution in [0.15, 0.2) is 45.9 Å². The fourth-order valence-corrected chi connectivity index (χ4v) is 2.69. The van der Waals surface area contributed by atoms with E-state index in [2.05, 4.69) is 0 Å². The molecule has 0 aliphatic rings. The predicted octanol–water partition coefficient (Wildman–Crippen LogP) is 0.751. The lowest BCUT2D eigenvalue weighted by atomic mass is 10.2. The Morgan fingerprint density at radius 1 is 1.15 bits per heavy atom. The smallest absolute Gasteiger partial charge is 0.342 e. The molecule has 0 unspecified atom stereocenters. The lowest BCUT2D eigenvalue weighted by Crippen LogP contribution is -2.21. The third-order valence-electron chi connectivity index (χ3n) is 3.19. The van der Waals surface area contributed by atoms with Crippen molar-refractivity contribution >= 4 is 21.9 Å². The standard InChI is InChI=1S/C16H18N2O7S/c1-18(2)26(21,22)15-8-7-11(25-15)9-24-16(20)12-5-3-4-6-13(12)23-10-14(17)19/h3-8H,9-10H2,1-2H3,(H2,17,19). The van der Waals surface area contributed by atoms with Gasteiger partial charge in [0.2, 0.25) is 5.09 Å². The maximum absolute atomic E-state index is 12.2. The van der Waals surface area contributed by atoms with E-state index in [-0.39, 0.29) is 35.4 Å². The van der Waals surface area contributed by atoms with Gasteiger partial charge in [-0.3, -0.25) is 4.79 Å². The average molecular weight is 382 g/mol. The molecule has 0 fully saturated rings. The van der Waals surface area contributed by atoms with E-state index in [0.717, 1.165) is 4.31 Å². The van der Waals surface area contributed by atoms with Gasteiger partial charge >= 0.3 is 5.97 Å². The van der Waals surface area contributed by atoms with E-state index >= 15 is 0 Å². The Balaban J connectivity index is 2.06. The number of hydrogen-bond donors (Lipinski definition) is 1. The Labute approximate surface area is 150 Å². The molecule has 0 saturated carbocycles. The van der Waals surface area contributed by atoms with Crippen molar-refractivity contribution in [2.45, 2.75) is 11.7 Å². The second-order valence-corrected chi connectivity index (χ2v) is 7.42. The maximum atomic E-state index is 12.2.